The number of thiophene rings is 1. The number of hydrogen-bond donors (Lipinski definition) is 3. The van der Waals surface area contributed by atoms with Crippen LogP contribution >= 0.6 is 11.3 Å². The van der Waals surface area contributed by atoms with Gasteiger partial charge in [-0.1, -0.05) is 0 Å². The molecule has 0 radical (unpaired) electrons. The molecule has 0 saturated carbocycles. The highest BCUT2D eigenvalue weighted by Gasteiger charge is 2.09. The summed E-state index contributed by atoms with van der Waals surface area (Å²) in [4.78, 5) is 8.78. The molecule has 0 bridgehead atoms. The van der Waals surface area contributed by atoms with E-state index < -0.39 is 0 Å². The Morgan fingerprint density at radius 2 is 2.14 bits per heavy atom. The van der Waals surface area contributed by atoms with Crippen molar-refractivity contribution in [2.45, 2.75) is 0 Å². The first-order chi connectivity index (χ1) is 10.3. The van der Waals surface area contributed by atoms with E-state index in [1.54, 1.807) is 24.6 Å². The summed E-state index contributed by atoms with van der Waals surface area (Å²) in [7, 11) is 1.79. The van der Waals surface area contributed by atoms with Gasteiger partial charge in [0, 0.05) is 17.4 Å². The first-order valence-electron chi connectivity index (χ1n) is 6.46. The lowest BCUT2D eigenvalue weighted by atomic mass is 10.2. The highest BCUT2D eigenvalue weighted by Crippen LogP contribution is 2.28. The Morgan fingerprint density at radius 1 is 1.19 bits per heavy atom. The van der Waals surface area contributed by atoms with Crippen LogP contribution in [0.15, 0.2) is 35.8 Å². The van der Waals surface area contributed by atoms with Crippen LogP contribution in [0.2, 0.25) is 0 Å². The first kappa shape index (κ1) is 12.1. The van der Waals surface area contributed by atoms with Crippen LogP contribution in [0, 0.1) is 0 Å². The molecule has 7 heteroatoms. The molecule has 0 aliphatic heterocycles. The third-order valence-corrected chi connectivity index (χ3v) is 4.15. The lowest BCUT2D eigenvalue weighted by Gasteiger charge is -2.08. The van der Waals surface area contributed by atoms with Gasteiger partial charge in [-0.2, -0.15) is 15.1 Å². The van der Waals surface area contributed by atoms with Gasteiger partial charge >= 0.3 is 0 Å². The Hall–Kier alpha value is -2.67. The Balaban J connectivity index is 1.80. The molecule has 4 rings (SSSR count). The number of aromatic nitrogens is 4. The van der Waals surface area contributed by atoms with Crippen molar-refractivity contribution >= 4 is 49.9 Å². The van der Waals surface area contributed by atoms with E-state index in [0.29, 0.717) is 11.6 Å². The number of benzene rings is 1. The number of anilines is 3. The number of H-pyrrole nitrogens is 1. The predicted molar refractivity (Wildman–Crippen MR) is 86.3 cm³/mol. The van der Waals surface area contributed by atoms with E-state index in [4.69, 9.17) is 0 Å². The van der Waals surface area contributed by atoms with Crippen molar-refractivity contribution in [3.63, 3.8) is 0 Å². The first-order valence-corrected chi connectivity index (χ1v) is 7.34. The SMILES string of the molecule is CNc1nc(Nc2ccc3sccc3c2)c2cn[nH]c2n1. The van der Waals surface area contributed by atoms with Gasteiger partial charge in [-0.25, -0.2) is 0 Å². The monoisotopic (exact) mass is 296 g/mol. The van der Waals surface area contributed by atoms with E-state index in [9.17, 15) is 0 Å². The standard InChI is InChI=1S/C14H12N6S/c1-15-14-18-12(10-7-16-20-13(10)19-14)17-9-2-3-11-8(6-9)4-5-21-11/h2-7H,1H3,(H3,15,16,17,18,19,20). The highest BCUT2D eigenvalue weighted by atomic mass is 32.1. The van der Waals surface area contributed by atoms with Crippen LogP contribution in [0.25, 0.3) is 21.1 Å². The van der Waals surface area contributed by atoms with Crippen molar-refractivity contribution in [2.75, 3.05) is 17.7 Å². The lowest BCUT2D eigenvalue weighted by Crippen LogP contribution is -2.01. The maximum Gasteiger partial charge on any atom is 0.226 e. The van der Waals surface area contributed by atoms with Crippen LogP contribution in [0.4, 0.5) is 17.5 Å². The number of rotatable bonds is 3. The molecular formula is C14H12N6S. The van der Waals surface area contributed by atoms with E-state index in [1.165, 1.54) is 10.1 Å². The number of nitrogens with zero attached hydrogens (tertiary/aromatic N) is 3. The van der Waals surface area contributed by atoms with Crippen LogP contribution in [-0.4, -0.2) is 27.2 Å². The molecule has 0 saturated heterocycles. The van der Waals surface area contributed by atoms with Gasteiger partial charge in [0.2, 0.25) is 5.95 Å². The van der Waals surface area contributed by atoms with Gasteiger partial charge in [-0.15, -0.1) is 11.3 Å². The summed E-state index contributed by atoms with van der Waals surface area (Å²) in [6.07, 6.45) is 1.72. The smallest absolute Gasteiger partial charge is 0.226 e. The minimum absolute atomic E-state index is 0.547. The molecule has 0 atom stereocenters. The normalized spacial score (nSPS) is 11.1. The Kier molecular flexibility index (Phi) is 2.71. The summed E-state index contributed by atoms with van der Waals surface area (Å²) >= 11 is 1.73. The summed E-state index contributed by atoms with van der Waals surface area (Å²) in [5, 5.41) is 17.4. The molecule has 104 valence electrons. The summed E-state index contributed by atoms with van der Waals surface area (Å²) in [5.41, 5.74) is 1.69. The molecule has 6 nitrogen and oxygen atoms in total. The van der Waals surface area contributed by atoms with Crippen molar-refractivity contribution in [1.29, 1.82) is 0 Å². The molecule has 0 aliphatic carbocycles. The summed E-state index contributed by atoms with van der Waals surface area (Å²) < 4.78 is 1.27. The third kappa shape index (κ3) is 2.07. The molecular weight excluding hydrogens is 284 g/mol. The molecule has 3 heterocycles. The van der Waals surface area contributed by atoms with Crippen LogP contribution in [0.3, 0.4) is 0 Å². The molecule has 1 aromatic carbocycles. The van der Waals surface area contributed by atoms with E-state index in [0.717, 1.165) is 16.9 Å². The summed E-state index contributed by atoms with van der Waals surface area (Å²) in [5.74, 6) is 1.28. The fourth-order valence-corrected chi connectivity index (χ4v) is 2.99. The quantitative estimate of drug-likeness (QED) is 0.540. The average molecular weight is 296 g/mol. The second-order valence-electron chi connectivity index (χ2n) is 4.58. The predicted octanol–water partition coefficient (Wildman–Crippen LogP) is 3.35. The van der Waals surface area contributed by atoms with Gasteiger partial charge in [0.1, 0.15) is 5.82 Å². The van der Waals surface area contributed by atoms with Gasteiger partial charge in [0.15, 0.2) is 5.65 Å². The van der Waals surface area contributed by atoms with Gasteiger partial charge in [-0.05, 0) is 35.0 Å². The Morgan fingerprint density at radius 3 is 3.05 bits per heavy atom. The fraction of sp³-hybridized carbons (Fsp3) is 0.0714. The molecule has 0 amide bonds. The molecule has 3 aromatic heterocycles. The van der Waals surface area contributed by atoms with E-state index in [1.807, 2.05) is 6.07 Å². The summed E-state index contributed by atoms with van der Waals surface area (Å²) in [6, 6.07) is 8.37. The highest BCUT2D eigenvalue weighted by molar-refractivity contribution is 7.17. The second-order valence-corrected chi connectivity index (χ2v) is 5.52. The number of aromatic amines is 1. The molecule has 0 fully saturated rings. The zero-order valence-electron chi connectivity index (χ0n) is 11.2. The number of hydrogen-bond acceptors (Lipinski definition) is 6. The number of fused-ring (bicyclic) bond motifs is 2. The lowest BCUT2D eigenvalue weighted by molar-refractivity contribution is 1.09. The van der Waals surface area contributed by atoms with E-state index in [-0.39, 0.29) is 0 Å². The topological polar surface area (TPSA) is 78.5 Å². The Labute approximate surface area is 124 Å². The van der Waals surface area contributed by atoms with Gasteiger partial charge < -0.3 is 10.6 Å². The van der Waals surface area contributed by atoms with Crippen LogP contribution in [0.5, 0.6) is 0 Å². The average Bonchev–Trinajstić information content (AvgIpc) is 3.14. The van der Waals surface area contributed by atoms with Crippen LogP contribution in [0.1, 0.15) is 0 Å². The van der Waals surface area contributed by atoms with Crippen molar-refractivity contribution in [2.24, 2.45) is 0 Å². The van der Waals surface area contributed by atoms with Crippen LogP contribution < -0.4 is 10.6 Å². The third-order valence-electron chi connectivity index (χ3n) is 3.25. The molecule has 0 unspecified atom stereocenters. The Bertz CT molecular complexity index is 925. The molecule has 3 N–H and O–H groups in total. The van der Waals surface area contributed by atoms with E-state index >= 15 is 0 Å². The largest absolute Gasteiger partial charge is 0.357 e. The molecule has 21 heavy (non-hydrogen) atoms. The van der Waals surface area contributed by atoms with Crippen molar-refractivity contribution in [3.05, 3.63) is 35.8 Å². The van der Waals surface area contributed by atoms with Gasteiger partial charge in [0.25, 0.3) is 0 Å². The minimum Gasteiger partial charge on any atom is -0.357 e. The molecule has 0 aliphatic rings. The van der Waals surface area contributed by atoms with Gasteiger partial charge in [0.05, 0.1) is 11.6 Å². The summed E-state index contributed by atoms with van der Waals surface area (Å²) in [6.45, 7) is 0. The minimum atomic E-state index is 0.547. The van der Waals surface area contributed by atoms with Gasteiger partial charge in [-0.3, -0.25) is 5.10 Å². The molecule has 0 spiro atoms. The van der Waals surface area contributed by atoms with Crippen molar-refractivity contribution in [1.82, 2.24) is 20.2 Å². The maximum absolute atomic E-state index is 4.46. The van der Waals surface area contributed by atoms with Crippen molar-refractivity contribution < 1.29 is 0 Å². The zero-order valence-corrected chi connectivity index (χ0v) is 12.0. The second kappa shape index (κ2) is 4.71. The fourth-order valence-electron chi connectivity index (χ4n) is 2.22. The number of nitrogens with one attached hydrogen (secondary N) is 3. The van der Waals surface area contributed by atoms with Crippen molar-refractivity contribution in [3.8, 4) is 0 Å². The molecule has 4 aromatic rings. The maximum atomic E-state index is 4.46. The van der Waals surface area contributed by atoms with E-state index in [2.05, 4.69) is 54.4 Å². The van der Waals surface area contributed by atoms with Crippen LogP contribution in [-0.2, 0) is 0 Å². The zero-order chi connectivity index (χ0) is 14.2.